The lowest BCUT2D eigenvalue weighted by Gasteiger charge is -2.14. The van der Waals surface area contributed by atoms with Crippen LogP contribution in [0.4, 0.5) is 5.69 Å². The van der Waals surface area contributed by atoms with Gasteiger partial charge >= 0.3 is 0 Å². The van der Waals surface area contributed by atoms with E-state index in [-0.39, 0.29) is 0 Å². The van der Waals surface area contributed by atoms with Crippen molar-refractivity contribution in [1.82, 2.24) is 0 Å². The Morgan fingerprint density at radius 3 is 2.04 bits per heavy atom. The Hall–Kier alpha value is -3.00. The molecule has 0 aliphatic heterocycles. The molecule has 126 valence electrons. The summed E-state index contributed by atoms with van der Waals surface area (Å²) in [6, 6.07) is 22.3. The van der Waals surface area contributed by atoms with Gasteiger partial charge in [-0.15, -0.1) is 0 Å². The first-order valence-corrected chi connectivity index (χ1v) is 8.40. The monoisotopic (exact) mass is 329 g/mol. The highest BCUT2D eigenvalue weighted by Gasteiger charge is 2.07. The van der Waals surface area contributed by atoms with E-state index in [9.17, 15) is 0 Å². The molecule has 0 heterocycles. The predicted octanol–water partition coefficient (Wildman–Crippen LogP) is 6.49. The van der Waals surface area contributed by atoms with Crippen molar-refractivity contribution in [3.63, 3.8) is 0 Å². The number of benzene rings is 3. The minimum absolute atomic E-state index is 0.825. The topological polar surface area (TPSA) is 21.3 Å². The molecule has 0 aliphatic carbocycles. The standard InChI is InChI=1S/C23H23NO/c1-16-14-17(2)23(18(3)15-16)25-22-12-10-21(11-13-22)24-19(4)20-8-6-5-7-9-20/h5-15,24H,4H2,1-3H3. The molecule has 0 spiro atoms. The lowest BCUT2D eigenvalue weighted by molar-refractivity contribution is 0.475. The third-order valence-corrected chi connectivity index (χ3v) is 4.10. The Labute approximate surface area is 149 Å². The molecule has 0 aliphatic rings. The molecule has 3 aromatic carbocycles. The normalized spacial score (nSPS) is 10.4. The molecule has 0 bridgehead atoms. The summed E-state index contributed by atoms with van der Waals surface area (Å²) in [5, 5.41) is 3.33. The molecule has 0 amide bonds. The van der Waals surface area contributed by atoms with Gasteiger partial charge < -0.3 is 10.1 Å². The van der Waals surface area contributed by atoms with Crippen molar-refractivity contribution in [3.05, 3.63) is 95.6 Å². The Kier molecular flexibility index (Phi) is 4.90. The maximum atomic E-state index is 6.09. The Morgan fingerprint density at radius 2 is 1.44 bits per heavy atom. The third kappa shape index (κ3) is 4.10. The highest BCUT2D eigenvalue weighted by molar-refractivity contribution is 5.75. The lowest BCUT2D eigenvalue weighted by Crippen LogP contribution is -1.97. The number of nitrogens with one attached hydrogen (secondary N) is 1. The van der Waals surface area contributed by atoms with Gasteiger partial charge in [0.05, 0.1) is 0 Å². The van der Waals surface area contributed by atoms with Crippen molar-refractivity contribution >= 4 is 11.4 Å². The van der Waals surface area contributed by atoms with Crippen LogP contribution in [0.3, 0.4) is 0 Å². The van der Waals surface area contributed by atoms with Crippen LogP contribution >= 0.6 is 0 Å². The van der Waals surface area contributed by atoms with E-state index in [1.807, 2.05) is 54.6 Å². The summed E-state index contributed by atoms with van der Waals surface area (Å²) < 4.78 is 6.09. The summed E-state index contributed by atoms with van der Waals surface area (Å²) >= 11 is 0. The van der Waals surface area contributed by atoms with E-state index in [4.69, 9.17) is 4.74 Å². The van der Waals surface area contributed by atoms with Crippen molar-refractivity contribution in [1.29, 1.82) is 0 Å². The molecule has 0 unspecified atom stereocenters. The number of hydrogen-bond donors (Lipinski definition) is 1. The van der Waals surface area contributed by atoms with Crippen LogP contribution in [0.15, 0.2) is 73.3 Å². The molecule has 3 aromatic rings. The number of hydrogen-bond acceptors (Lipinski definition) is 2. The fraction of sp³-hybridized carbons (Fsp3) is 0.130. The highest BCUT2D eigenvalue weighted by Crippen LogP contribution is 2.30. The molecule has 0 fully saturated rings. The fourth-order valence-corrected chi connectivity index (χ4v) is 2.94. The van der Waals surface area contributed by atoms with Crippen LogP contribution in [0.2, 0.25) is 0 Å². The number of ether oxygens (including phenoxy) is 1. The van der Waals surface area contributed by atoms with Gasteiger partial charge in [-0.05, 0) is 61.7 Å². The SMILES string of the molecule is C=C(Nc1ccc(Oc2c(C)cc(C)cc2C)cc1)c1ccccc1. The van der Waals surface area contributed by atoms with Gasteiger partial charge in [0.1, 0.15) is 11.5 Å². The van der Waals surface area contributed by atoms with Crippen LogP contribution in [0.25, 0.3) is 5.70 Å². The highest BCUT2D eigenvalue weighted by atomic mass is 16.5. The molecular formula is C23H23NO. The van der Waals surface area contributed by atoms with Crippen LogP contribution in [-0.2, 0) is 0 Å². The molecule has 2 heteroatoms. The average Bonchev–Trinajstić information content (AvgIpc) is 2.60. The van der Waals surface area contributed by atoms with Crippen molar-refractivity contribution < 1.29 is 4.74 Å². The van der Waals surface area contributed by atoms with Gasteiger partial charge in [-0.2, -0.15) is 0 Å². The van der Waals surface area contributed by atoms with Gasteiger partial charge in [-0.1, -0.05) is 54.6 Å². The van der Waals surface area contributed by atoms with Crippen molar-refractivity contribution in [2.45, 2.75) is 20.8 Å². The number of aryl methyl sites for hydroxylation is 3. The summed E-state index contributed by atoms with van der Waals surface area (Å²) in [5.74, 6) is 1.76. The Bertz CT molecular complexity index is 857. The summed E-state index contributed by atoms with van der Waals surface area (Å²) in [4.78, 5) is 0. The lowest BCUT2D eigenvalue weighted by atomic mass is 10.1. The fourth-order valence-electron chi connectivity index (χ4n) is 2.94. The minimum atomic E-state index is 0.825. The molecular weight excluding hydrogens is 306 g/mol. The number of rotatable bonds is 5. The van der Waals surface area contributed by atoms with E-state index in [0.29, 0.717) is 0 Å². The Morgan fingerprint density at radius 1 is 0.840 bits per heavy atom. The van der Waals surface area contributed by atoms with Crippen molar-refractivity contribution in [3.8, 4) is 11.5 Å². The summed E-state index contributed by atoms with van der Waals surface area (Å²) in [6.45, 7) is 10.4. The number of anilines is 1. The molecule has 0 aromatic heterocycles. The second-order valence-corrected chi connectivity index (χ2v) is 6.32. The van der Waals surface area contributed by atoms with Crippen LogP contribution in [-0.4, -0.2) is 0 Å². The van der Waals surface area contributed by atoms with Crippen LogP contribution in [0, 0.1) is 20.8 Å². The first-order valence-electron chi connectivity index (χ1n) is 8.40. The van der Waals surface area contributed by atoms with Gasteiger partial charge in [-0.25, -0.2) is 0 Å². The molecule has 0 atom stereocenters. The zero-order valence-electron chi connectivity index (χ0n) is 15.0. The second kappa shape index (κ2) is 7.27. The smallest absolute Gasteiger partial charge is 0.133 e. The van der Waals surface area contributed by atoms with Crippen molar-refractivity contribution in [2.75, 3.05) is 5.32 Å². The van der Waals surface area contributed by atoms with E-state index in [0.717, 1.165) is 39.6 Å². The van der Waals surface area contributed by atoms with E-state index in [1.54, 1.807) is 0 Å². The first kappa shape index (κ1) is 16.8. The maximum absolute atomic E-state index is 6.09. The molecule has 25 heavy (non-hydrogen) atoms. The zero-order valence-corrected chi connectivity index (χ0v) is 15.0. The maximum Gasteiger partial charge on any atom is 0.133 e. The van der Waals surface area contributed by atoms with Gasteiger partial charge in [0.2, 0.25) is 0 Å². The molecule has 3 rings (SSSR count). The average molecular weight is 329 g/mol. The summed E-state index contributed by atoms with van der Waals surface area (Å²) in [7, 11) is 0. The van der Waals surface area contributed by atoms with Crippen LogP contribution in [0.5, 0.6) is 11.5 Å². The van der Waals surface area contributed by atoms with Crippen LogP contribution < -0.4 is 10.1 Å². The van der Waals surface area contributed by atoms with Gasteiger partial charge in [0.25, 0.3) is 0 Å². The molecule has 0 saturated carbocycles. The second-order valence-electron chi connectivity index (χ2n) is 6.32. The quantitative estimate of drug-likeness (QED) is 0.578. The van der Waals surface area contributed by atoms with E-state index < -0.39 is 0 Å². The zero-order chi connectivity index (χ0) is 17.8. The van der Waals surface area contributed by atoms with Crippen molar-refractivity contribution in [2.24, 2.45) is 0 Å². The summed E-state index contributed by atoms with van der Waals surface area (Å²) in [6.07, 6.45) is 0. The Balaban J connectivity index is 1.72. The molecule has 2 nitrogen and oxygen atoms in total. The first-order chi connectivity index (χ1) is 12.0. The third-order valence-electron chi connectivity index (χ3n) is 4.10. The molecule has 0 radical (unpaired) electrons. The minimum Gasteiger partial charge on any atom is -0.457 e. The van der Waals surface area contributed by atoms with E-state index in [1.165, 1.54) is 5.56 Å². The summed E-state index contributed by atoms with van der Waals surface area (Å²) in [5.41, 5.74) is 6.49. The molecule has 1 N–H and O–H groups in total. The van der Waals surface area contributed by atoms with Gasteiger partial charge in [0, 0.05) is 11.4 Å². The van der Waals surface area contributed by atoms with Crippen LogP contribution in [0.1, 0.15) is 22.3 Å². The predicted molar refractivity (Wildman–Crippen MR) is 106 cm³/mol. The van der Waals surface area contributed by atoms with Gasteiger partial charge in [-0.3, -0.25) is 0 Å². The van der Waals surface area contributed by atoms with Gasteiger partial charge in [0.15, 0.2) is 0 Å². The van der Waals surface area contributed by atoms with E-state index in [2.05, 4.69) is 44.8 Å². The molecule has 0 saturated heterocycles. The van der Waals surface area contributed by atoms with E-state index >= 15 is 0 Å². The largest absolute Gasteiger partial charge is 0.457 e.